The molecule has 2 heterocycles. The lowest BCUT2D eigenvalue weighted by Crippen LogP contribution is -2.04. The number of carboxylic acids is 1. The molecule has 0 spiro atoms. The zero-order valence-corrected chi connectivity index (χ0v) is 10.5. The monoisotopic (exact) mass is 279 g/mol. The Morgan fingerprint density at radius 2 is 2.21 bits per heavy atom. The molecule has 0 aromatic carbocycles. The van der Waals surface area contributed by atoms with Crippen molar-refractivity contribution in [3.63, 3.8) is 0 Å². The van der Waals surface area contributed by atoms with E-state index in [9.17, 15) is 4.79 Å². The number of carbonyl (C=O) groups is 1. The summed E-state index contributed by atoms with van der Waals surface area (Å²) in [7, 11) is 0. The van der Waals surface area contributed by atoms with Crippen molar-refractivity contribution in [2.45, 2.75) is 18.9 Å². The van der Waals surface area contributed by atoms with Crippen LogP contribution in [0.1, 0.15) is 23.2 Å². The molecule has 19 heavy (non-hydrogen) atoms. The highest BCUT2D eigenvalue weighted by molar-refractivity contribution is 6.32. The van der Waals surface area contributed by atoms with Crippen LogP contribution in [0.4, 0.5) is 0 Å². The van der Waals surface area contributed by atoms with Crippen LogP contribution in [0.25, 0.3) is 5.82 Å². The van der Waals surface area contributed by atoms with Crippen LogP contribution in [0.15, 0.2) is 24.4 Å². The van der Waals surface area contributed by atoms with E-state index >= 15 is 0 Å². The standard InChI is InChI=1S/C12H10ClN3O3/c13-11-8(12(17)18)3-4-9(14-11)16-6-5-10(15-16)19-7-1-2-7/h3-7H,1-2H2,(H,17,18). The topological polar surface area (TPSA) is 77.2 Å². The molecule has 0 amide bonds. The Morgan fingerprint density at radius 3 is 2.84 bits per heavy atom. The Bertz CT molecular complexity index is 637. The van der Waals surface area contributed by atoms with Crippen LogP contribution >= 0.6 is 11.6 Å². The summed E-state index contributed by atoms with van der Waals surface area (Å²) in [6.07, 6.45) is 4.08. The second kappa shape index (κ2) is 4.55. The molecule has 1 aliphatic carbocycles. The van der Waals surface area contributed by atoms with Crippen LogP contribution < -0.4 is 4.74 Å². The second-order valence-electron chi connectivity index (χ2n) is 4.23. The quantitative estimate of drug-likeness (QED) is 0.868. The van der Waals surface area contributed by atoms with E-state index in [2.05, 4.69) is 10.1 Å². The predicted molar refractivity (Wildman–Crippen MR) is 67.0 cm³/mol. The predicted octanol–water partition coefficient (Wildman–Crippen LogP) is 2.16. The van der Waals surface area contributed by atoms with Crippen molar-refractivity contribution in [3.8, 4) is 11.7 Å². The fourth-order valence-corrected chi connectivity index (χ4v) is 1.80. The molecular formula is C12H10ClN3O3. The van der Waals surface area contributed by atoms with Crippen molar-refractivity contribution in [2.75, 3.05) is 0 Å². The average Bonchev–Trinajstić information content (AvgIpc) is 3.04. The third-order valence-corrected chi connectivity index (χ3v) is 2.96. The van der Waals surface area contributed by atoms with Gasteiger partial charge in [0.15, 0.2) is 5.82 Å². The Hall–Kier alpha value is -2.08. The van der Waals surface area contributed by atoms with Crippen LogP contribution in [-0.4, -0.2) is 31.9 Å². The summed E-state index contributed by atoms with van der Waals surface area (Å²) in [5.74, 6) is -0.134. The minimum absolute atomic E-state index is 0.0352. The van der Waals surface area contributed by atoms with Gasteiger partial charge in [-0.3, -0.25) is 0 Å². The summed E-state index contributed by atoms with van der Waals surface area (Å²) < 4.78 is 7.03. The van der Waals surface area contributed by atoms with Crippen LogP contribution in [-0.2, 0) is 0 Å². The first-order valence-corrected chi connectivity index (χ1v) is 6.14. The van der Waals surface area contributed by atoms with E-state index in [1.165, 1.54) is 10.7 Å². The lowest BCUT2D eigenvalue weighted by atomic mass is 10.3. The molecule has 1 N–H and O–H groups in total. The molecule has 3 rings (SSSR count). The van der Waals surface area contributed by atoms with Crippen molar-refractivity contribution in [3.05, 3.63) is 35.1 Å². The van der Waals surface area contributed by atoms with Crippen molar-refractivity contribution in [1.29, 1.82) is 0 Å². The summed E-state index contributed by atoms with van der Waals surface area (Å²) in [4.78, 5) is 14.8. The molecule has 98 valence electrons. The highest BCUT2D eigenvalue weighted by Gasteiger charge is 2.24. The summed E-state index contributed by atoms with van der Waals surface area (Å²) in [5.41, 5.74) is -0.0352. The molecule has 0 atom stereocenters. The van der Waals surface area contributed by atoms with Gasteiger partial charge >= 0.3 is 5.97 Å². The maximum atomic E-state index is 10.8. The third-order valence-electron chi connectivity index (χ3n) is 2.68. The lowest BCUT2D eigenvalue weighted by Gasteiger charge is -2.03. The zero-order chi connectivity index (χ0) is 13.4. The molecule has 1 fully saturated rings. The molecule has 7 heteroatoms. The number of hydrogen-bond donors (Lipinski definition) is 1. The molecule has 6 nitrogen and oxygen atoms in total. The van der Waals surface area contributed by atoms with Crippen molar-refractivity contribution in [2.24, 2.45) is 0 Å². The summed E-state index contributed by atoms with van der Waals surface area (Å²) in [5, 5.41) is 13.0. The number of hydrogen-bond acceptors (Lipinski definition) is 4. The fraction of sp³-hybridized carbons (Fsp3) is 0.250. The third kappa shape index (κ3) is 2.53. The lowest BCUT2D eigenvalue weighted by molar-refractivity contribution is 0.0696. The Balaban J connectivity index is 1.86. The van der Waals surface area contributed by atoms with Crippen LogP contribution in [0.2, 0.25) is 5.15 Å². The van der Waals surface area contributed by atoms with Gasteiger partial charge < -0.3 is 9.84 Å². The van der Waals surface area contributed by atoms with Gasteiger partial charge in [0, 0.05) is 12.3 Å². The first-order chi connectivity index (χ1) is 9.13. The largest absolute Gasteiger partial charge is 0.478 e. The second-order valence-corrected chi connectivity index (χ2v) is 4.59. The van der Waals surface area contributed by atoms with Gasteiger partial charge in [0.25, 0.3) is 0 Å². The van der Waals surface area contributed by atoms with Crippen molar-refractivity contribution >= 4 is 17.6 Å². The van der Waals surface area contributed by atoms with E-state index in [0.29, 0.717) is 11.7 Å². The smallest absolute Gasteiger partial charge is 0.338 e. The molecule has 2 aromatic heterocycles. The minimum atomic E-state index is -1.11. The van der Waals surface area contributed by atoms with Crippen LogP contribution in [0.3, 0.4) is 0 Å². The van der Waals surface area contributed by atoms with Gasteiger partial charge in [0.2, 0.25) is 5.88 Å². The Kier molecular flexibility index (Phi) is 2.87. The van der Waals surface area contributed by atoms with Gasteiger partial charge in [-0.05, 0) is 25.0 Å². The van der Waals surface area contributed by atoms with E-state index in [0.717, 1.165) is 12.8 Å². The van der Waals surface area contributed by atoms with Gasteiger partial charge in [-0.2, -0.15) is 0 Å². The average molecular weight is 280 g/mol. The highest BCUT2D eigenvalue weighted by Crippen LogP contribution is 2.26. The fourth-order valence-electron chi connectivity index (χ4n) is 1.57. The van der Waals surface area contributed by atoms with Crippen molar-refractivity contribution in [1.82, 2.24) is 14.8 Å². The van der Waals surface area contributed by atoms with Gasteiger partial charge in [0.05, 0.1) is 5.56 Å². The molecule has 1 saturated carbocycles. The minimum Gasteiger partial charge on any atom is -0.478 e. The Morgan fingerprint density at radius 1 is 1.42 bits per heavy atom. The molecule has 2 aromatic rings. The van der Waals surface area contributed by atoms with E-state index in [4.69, 9.17) is 21.4 Å². The zero-order valence-electron chi connectivity index (χ0n) is 9.78. The highest BCUT2D eigenvalue weighted by atomic mass is 35.5. The van der Waals surface area contributed by atoms with Gasteiger partial charge in [0.1, 0.15) is 11.3 Å². The molecule has 0 radical (unpaired) electrons. The number of carboxylic acid groups (broad SMARTS) is 1. The summed E-state index contributed by atoms with van der Waals surface area (Å²) in [6.45, 7) is 0. The van der Waals surface area contributed by atoms with E-state index in [1.807, 2.05) is 0 Å². The number of halogens is 1. The number of rotatable bonds is 4. The first-order valence-electron chi connectivity index (χ1n) is 5.76. The normalized spacial score (nSPS) is 14.4. The molecular weight excluding hydrogens is 270 g/mol. The summed E-state index contributed by atoms with van der Waals surface area (Å²) in [6, 6.07) is 4.68. The number of pyridine rings is 1. The maximum Gasteiger partial charge on any atom is 0.338 e. The number of ether oxygens (including phenoxy) is 1. The molecule has 0 aliphatic heterocycles. The van der Waals surface area contributed by atoms with Gasteiger partial charge in [-0.15, -0.1) is 5.10 Å². The number of aromatic nitrogens is 3. The van der Waals surface area contributed by atoms with E-state index in [-0.39, 0.29) is 16.8 Å². The van der Waals surface area contributed by atoms with Gasteiger partial charge in [-0.1, -0.05) is 11.6 Å². The molecule has 1 aliphatic rings. The SMILES string of the molecule is O=C(O)c1ccc(-n2ccc(OC3CC3)n2)nc1Cl. The van der Waals surface area contributed by atoms with Crippen LogP contribution in [0, 0.1) is 0 Å². The summed E-state index contributed by atoms with van der Waals surface area (Å²) >= 11 is 5.81. The first kappa shape index (κ1) is 12.0. The van der Waals surface area contributed by atoms with E-state index in [1.54, 1.807) is 18.3 Å². The molecule has 0 bridgehead atoms. The van der Waals surface area contributed by atoms with Crippen LogP contribution in [0.5, 0.6) is 5.88 Å². The Labute approximate surface area is 113 Å². The van der Waals surface area contributed by atoms with E-state index < -0.39 is 5.97 Å². The number of nitrogens with zero attached hydrogens (tertiary/aromatic N) is 3. The molecule has 0 unspecified atom stereocenters. The van der Waals surface area contributed by atoms with Crippen molar-refractivity contribution < 1.29 is 14.6 Å². The van der Waals surface area contributed by atoms with Gasteiger partial charge in [-0.25, -0.2) is 14.5 Å². The number of aromatic carboxylic acids is 1. The molecule has 0 saturated heterocycles. The maximum absolute atomic E-state index is 10.8.